The summed E-state index contributed by atoms with van der Waals surface area (Å²) in [6.07, 6.45) is 0.508. The molecular weight excluding hydrogens is 526 g/mol. The number of rotatable bonds is 13. The molecule has 0 aliphatic heterocycles. The molecule has 40 heavy (non-hydrogen) atoms. The molecule has 2 amide bonds. The Morgan fingerprint density at radius 3 is 2.15 bits per heavy atom. The summed E-state index contributed by atoms with van der Waals surface area (Å²) in [5.74, 6) is -0.236. The van der Waals surface area contributed by atoms with Gasteiger partial charge in [-0.2, -0.15) is 0 Å². The third kappa shape index (κ3) is 7.85. The van der Waals surface area contributed by atoms with E-state index in [0.717, 1.165) is 15.4 Å². The first-order valence-corrected chi connectivity index (χ1v) is 14.8. The monoisotopic (exact) mass is 565 g/mol. The maximum atomic E-state index is 14.0. The molecule has 0 fully saturated rings. The summed E-state index contributed by atoms with van der Waals surface area (Å²) in [5.41, 5.74) is 2.15. The molecule has 1 atom stereocenters. The molecule has 0 bridgehead atoms. The first-order valence-electron chi connectivity index (χ1n) is 13.4. The fourth-order valence-electron chi connectivity index (χ4n) is 4.21. The van der Waals surface area contributed by atoms with Gasteiger partial charge in [0.25, 0.3) is 10.0 Å². The van der Waals surface area contributed by atoms with Crippen molar-refractivity contribution in [2.45, 2.75) is 45.1 Å². The number of benzene rings is 3. The van der Waals surface area contributed by atoms with E-state index >= 15 is 0 Å². The van der Waals surface area contributed by atoms with Crippen LogP contribution >= 0.6 is 0 Å². The zero-order chi connectivity index (χ0) is 29.3. The van der Waals surface area contributed by atoms with Crippen LogP contribution < -0.4 is 14.4 Å². The van der Waals surface area contributed by atoms with Crippen LogP contribution in [-0.4, -0.2) is 57.9 Å². The van der Waals surface area contributed by atoms with Crippen LogP contribution in [0, 0.1) is 12.8 Å². The Hall–Kier alpha value is -3.85. The van der Waals surface area contributed by atoms with Crippen molar-refractivity contribution in [3.8, 4) is 5.75 Å². The van der Waals surface area contributed by atoms with Gasteiger partial charge in [0.15, 0.2) is 0 Å². The molecular formula is C31H39N3O5S. The second-order valence-electron chi connectivity index (χ2n) is 10.1. The number of para-hydroxylation sites is 2. The normalized spacial score (nSPS) is 12.1. The lowest BCUT2D eigenvalue weighted by atomic mass is 10.1. The Morgan fingerprint density at radius 2 is 1.52 bits per heavy atom. The van der Waals surface area contributed by atoms with E-state index in [1.54, 1.807) is 43.3 Å². The number of carbonyl (C=O) groups excluding carboxylic acids is 2. The topological polar surface area (TPSA) is 96.0 Å². The predicted octanol–water partition coefficient (Wildman–Crippen LogP) is 4.43. The lowest BCUT2D eigenvalue weighted by Gasteiger charge is -2.32. The van der Waals surface area contributed by atoms with Gasteiger partial charge in [-0.3, -0.25) is 13.9 Å². The smallest absolute Gasteiger partial charge is 0.264 e. The van der Waals surface area contributed by atoms with Gasteiger partial charge < -0.3 is 15.0 Å². The number of nitrogens with one attached hydrogen (secondary N) is 1. The summed E-state index contributed by atoms with van der Waals surface area (Å²) < 4.78 is 34.4. The fourth-order valence-corrected chi connectivity index (χ4v) is 5.63. The molecule has 0 saturated heterocycles. The summed E-state index contributed by atoms with van der Waals surface area (Å²) >= 11 is 0. The lowest BCUT2D eigenvalue weighted by molar-refractivity contribution is -0.138. The van der Waals surface area contributed by atoms with Gasteiger partial charge in [0.2, 0.25) is 11.8 Å². The first-order chi connectivity index (χ1) is 19.0. The summed E-state index contributed by atoms with van der Waals surface area (Å²) in [6.45, 7) is 7.72. The number of anilines is 1. The van der Waals surface area contributed by atoms with Gasteiger partial charge in [-0.25, -0.2) is 8.42 Å². The molecule has 0 aliphatic rings. The van der Waals surface area contributed by atoms with E-state index in [1.807, 2.05) is 51.1 Å². The van der Waals surface area contributed by atoms with Crippen molar-refractivity contribution >= 4 is 27.5 Å². The first kappa shape index (κ1) is 30.7. The summed E-state index contributed by atoms with van der Waals surface area (Å²) in [7, 11) is -2.71. The van der Waals surface area contributed by atoms with Crippen LogP contribution in [0.3, 0.4) is 0 Å². The van der Waals surface area contributed by atoms with Crippen LogP contribution in [0.5, 0.6) is 5.75 Å². The van der Waals surface area contributed by atoms with Crippen LogP contribution in [-0.2, 0) is 26.0 Å². The van der Waals surface area contributed by atoms with Crippen LogP contribution in [0.2, 0.25) is 0 Å². The predicted molar refractivity (Wildman–Crippen MR) is 158 cm³/mol. The van der Waals surface area contributed by atoms with Crippen molar-refractivity contribution in [3.05, 3.63) is 90.0 Å². The van der Waals surface area contributed by atoms with Crippen molar-refractivity contribution in [2.75, 3.05) is 31.0 Å². The molecule has 3 aromatic rings. The van der Waals surface area contributed by atoms with E-state index in [1.165, 1.54) is 24.1 Å². The highest BCUT2D eigenvalue weighted by Gasteiger charge is 2.33. The van der Waals surface area contributed by atoms with Crippen LogP contribution in [0.1, 0.15) is 31.9 Å². The number of aryl methyl sites for hydroxylation is 1. The van der Waals surface area contributed by atoms with E-state index in [-0.39, 0.29) is 29.0 Å². The second-order valence-corrected chi connectivity index (χ2v) is 12.0. The molecule has 214 valence electrons. The van der Waals surface area contributed by atoms with Gasteiger partial charge in [0.1, 0.15) is 18.3 Å². The quantitative estimate of drug-likeness (QED) is 0.331. The van der Waals surface area contributed by atoms with E-state index in [9.17, 15) is 18.0 Å². The number of hydrogen-bond donors (Lipinski definition) is 1. The SMILES string of the molecule is COc1ccccc1N(CC(=O)N(CCc1ccccc1)C(C)C(=O)NCC(C)C)S(=O)(=O)c1ccc(C)cc1. The third-order valence-electron chi connectivity index (χ3n) is 6.58. The van der Waals surface area contributed by atoms with Crippen molar-refractivity contribution in [3.63, 3.8) is 0 Å². The van der Waals surface area contributed by atoms with E-state index in [0.29, 0.717) is 18.7 Å². The molecule has 1 N–H and O–H groups in total. The highest BCUT2D eigenvalue weighted by atomic mass is 32.2. The Kier molecular flexibility index (Phi) is 10.7. The Labute approximate surface area is 238 Å². The summed E-state index contributed by atoms with van der Waals surface area (Å²) in [5, 5.41) is 2.90. The number of ether oxygens (including phenoxy) is 1. The Balaban J connectivity index is 2.00. The minimum atomic E-state index is -4.16. The average molecular weight is 566 g/mol. The molecule has 0 heterocycles. The molecule has 1 unspecified atom stereocenters. The number of nitrogens with zero attached hydrogens (tertiary/aromatic N) is 2. The molecule has 0 aromatic heterocycles. The number of amides is 2. The molecule has 3 aromatic carbocycles. The molecule has 8 nitrogen and oxygen atoms in total. The Bertz CT molecular complexity index is 1380. The number of sulfonamides is 1. The van der Waals surface area contributed by atoms with E-state index in [2.05, 4.69) is 5.32 Å². The van der Waals surface area contributed by atoms with Crippen molar-refractivity contribution in [1.29, 1.82) is 0 Å². The molecule has 0 aliphatic carbocycles. The van der Waals surface area contributed by atoms with E-state index in [4.69, 9.17) is 4.74 Å². The maximum Gasteiger partial charge on any atom is 0.264 e. The Morgan fingerprint density at radius 1 is 0.900 bits per heavy atom. The van der Waals surface area contributed by atoms with Crippen molar-refractivity contribution < 1.29 is 22.7 Å². The zero-order valence-corrected chi connectivity index (χ0v) is 24.6. The summed E-state index contributed by atoms with van der Waals surface area (Å²) in [6, 6.07) is 22.0. The molecule has 0 spiro atoms. The van der Waals surface area contributed by atoms with E-state index < -0.39 is 28.5 Å². The standard InChI is InChI=1S/C31H39N3O5S/c1-23(2)21-32-31(36)25(4)33(20-19-26-11-7-6-8-12-26)30(35)22-34(28-13-9-10-14-29(28)39-5)40(37,38)27-17-15-24(3)16-18-27/h6-18,23,25H,19-22H2,1-5H3,(H,32,36). The highest BCUT2D eigenvalue weighted by Crippen LogP contribution is 2.32. The van der Waals surface area contributed by atoms with Crippen LogP contribution in [0.15, 0.2) is 83.8 Å². The van der Waals surface area contributed by atoms with Gasteiger partial charge in [-0.15, -0.1) is 0 Å². The van der Waals surface area contributed by atoms with Crippen molar-refractivity contribution in [2.24, 2.45) is 5.92 Å². The average Bonchev–Trinajstić information content (AvgIpc) is 2.95. The van der Waals surface area contributed by atoms with Gasteiger partial charge in [0, 0.05) is 13.1 Å². The van der Waals surface area contributed by atoms with Gasteiger partial charge in [-0.05, 0) is 56.0 Å². The number of hydrogen-bond acceptors (Lipinski definition) is 5. The largest absolute Gasteiger partial charge is 0.495 e. The molecule has 0 radical (unpaired) electrons. The minimum absolute atomic E-state index is 0.0513. The molecule has 3 rings (SSSR count). The zero-order valence-electron chi connectivity index (χ0n) is 23.8. The van der Waals surface area contributed by atoms with Crippen molar-refractivity contribution in [1.82, 2.24) is 10.2 Å². The maximum absolute atomic E-state index is 14.0. The fraction of sp³-hybridized carbons (Fsp3) is 0.355. The highest BCUT2D eigenvalue weighted by molar-refractivity contribution is 7.92. The minimum Gasteiger partial charge on any atom is -0.495 e. The number of methoxy groups -OCH3 is 1. The second kappa shape index (κ2) is 14.0. The van der Waals surface area contributed by atoms with Crippen LogP contribution in [0.4, 0.5) is 5.69 Å². The van der Waals surface area contributed by atoms with Gasteiger partial charge in [0.05, 0.1) is 17.7 Å². The van der Waals surface area contributed by atoms with Gasteiger partial charge >= 0.3 is 0 Å². The third-order valence-corrected chi connectivity index (χ3v) is 8.35. The summed E-state index contributed by atoms with van der Waals surface area (Å²) in [4.78, 5) is 28.5. The molecule has 9 heteroatoms. The van der Waals surface area contributed by atoms with Crippen LogP contribution in [0.25, 0.3) is 0 Å². The molecule has 0 saturated carbocycles. The number of carbonyl (C=O) groups is 2. The lowest BCUT2D eigenvalue weighted by Crippen LogP contribution is -2.52. The van der Waals surface area contributed by atoms with Gasteiger partial charge in [-0.1, -0.05) is 74.0 Å².